The van der Waals surface area contributed by atoms with E-state index in [9.17, 15) is 5.11 Å². The maximum Gasteiger partial charge on any atom is 0.239 e. The number of nitrogens with one attached hydrogen (secondary N) is 2. The molecule has 0 radical (unpaired) electrons. The van der Waals surface area contributed by atoms with Crippen LogP contribution in [0.25, 0.3) is 21.3 Å². The van der Waals surface area contributed by atoms with Crippen LogP contribution >= 0.6 is 11.3 Å². The van der Waals surface area contributed by atoms with Gasteiger partial charge >= 0.3 is 0 Å². The lowest BCUT2D eigenvalue weighted by molar-refractivity contribution is 0.155. The van der Waals surface area contributed by atoms with Gasteiger partial charge in [-0.3, -0.25) is 5.10 Å². The van der Waals surface area contributed by atoms with Crippen LogP contribution in [0.4, 0.5) is 11.5 Å². The molecule has 0 spiro atoms. The van der Waals surface area contributed by atoms with E-state index in [1.807, 2.05) is 6.07 Å². The number of fused-ring (bicyclic) bond motifs is 4. The zero-order valence-corrected chi connectivity index (χ0v) is 16.4. The van der Waals surface area contributed by atoms with Crippen molar-refractivity contribution in [3.05, 3.63) is 29.0 Å². The van der Waals surface area contributed by atoms with E-state index in [-0.39, 0.29) is 6.10 Å². The number of nitrogens with zero attached hydrogens (tertiary/aromatic N) is 4. The second-order valence-corrected chi connectivity index (χ2v) is 8.46. The van der Waals surface area contributed by atoms with Gasteiger partial charge in [0.1, 0.15) is 28.8 Å². The van der Waals surface area contributed by atoms with Gasteiger partial charge in [0.25, 0.3) is 0 Å². The first-order chi connectivity index (χ1) is 14.2. The largest absolute Gasteiger partial charge is 0.479 e. The second kappa shape index (κ2) is 6.34. The molecule has 148 valence electrons. The molecule has 1 saturated heterocycles. The molecule has 0 amide bonds. The van der Waals surface area contributed by atoms with Gasteiger partial charge in [-0.25, -0.2) is 9.97 Å². The first kappa shape index (κ1) is 17.1. The fourth-order valence-corrected chi connectivity index (χ4v) is 5.49. The number of thiophene rings is 1. The molecule has 29 heavy (non-hydrogen) atoms. The average Bonchev–Trinajstić information content (AvgIpc) is 3.13. The highest BCUT2D eigenvalue weighted by atomic mass is 32.1. The van der Waals surface area contributed by atoms with Gasteiger partial charge in [0.05, 0.1) is 18.7 Å². The number of aliphatic hydroxyl groups is 1. The Labute approximate surface area is 169 Å². The second-order valence-electron chi connectivity index (χ2n) is 7.38. The van der Waals surface area contributed by atoms with Gasteiger partial charge in [-0.15, -0.1) is 11.3 Å². The van der Waals surface area contributed by atoms with E-state index >= 15 is 0 Å². The molecule has 6 rings (SSSR count). The van der Waals surface area contributed by atoms with Crippen molar-refractivity contribution in [3.63, 3.8) is 0 Å². The number of H-pyrrole nitrogens is 1. The van der Waals surface area contributed by atoms with Crippen molar-refractivity contribution in [2.45, 2.75) is 31.7 Å². The van der Waals surface area contributed by atoms with Crippen molar-refractivity contribution < 1.29 is 14.6 Å². The Balaban J connectivity index is 1.41. The highest BCUT2D eigenvalue weighted by Gasteiger charge is 2.45. The molecule has 9 nitrogen and oxygen atoms in total. The summed E-state index contributed by atoms with van der Waals surface area (Å²) in [6.07, 6.45) is 5.51. The summed E-state index contributed by atoms with van der Waals surface area (Å²) in [5.41, 5.74) is 2.68. The number of aromatic amines is 1. The summed E-state index contributed by atoms with van der Waals surface area (Å²) in [5, 5.41) is 21.8. The van der Waals surface area contributed by atoms with Crippen molar-refractivity contribution >= 4 is 44.1 Å². The third-order valence-electron chi connectivity index (χ3n) is 5.69. The number of rotatable bonds is 4. The van der Waals surface area contributed by atoms with Crippen LogP contribution in [-0.2, 0) is 17.6 Å². The first-order valence-corrected chi connectivity index (χ1v) is 10.3. The summed E-state index contributed by atoms with van der Waals surface area (Å²) in [6, 6.07) is 1.94. The zero-order chi connectivity index (χ0) is 19.5. The maximum atomic E-state index is 9.61. The van der Waals surface area contributed by atoms with E-state index in [1.165, 1.54) is 10.4 Å². The molecule has 1 aliphatic carbocycles. The topological polar surface area (TPSA) is 121 Å². The molecule has 1 aliphatic heterocycles. The lowest BCUT2D eigenvalue weighted by atomic mass is 9.85. The lowest BCUT2D eigenvalue weighted by Crippen LogP contribution is -2.19. The fraction of sp³-hybridized carbons (Fsp3) is 0.368. The van der Waals surface area contributed by atoms with Crippen LogP contribution in [0, 0.1) is 5.92 Å². The van der Waals surface area contributed by atoms with Crippen LogP contribution < -0.4 is 10.1 Å². The van der Waals surface area contributed by atoms with Crippen molar-refractivity contribution in [2.75, 3.05) is 12.4 Å². The van der Waals surface area contributed by atoms with Gasteiger partial charge in [-0.1, -0.05) is 0 Å². The number of epoxide rings is 1. The van der Waals surface area contributed by atoms with Crippen molar-refractivity contribution in [3.8, 4) is 5.88 Å². The van der Waals surface area contributed by atoms with Crippen LogP contribution in [0.2, 0.25) is 0 Å². The Morgan fingerprint density at radius 1 is 1.38 bits per heavy atom. The molecule has 10 heteroatoms. The predicted molar refractivity (Wildman–Crippen MR) is 108 cm³/mol. The SMILES string of the molecule is COc1nc2[nH]ncc2cc1Nc1ncnc2sc3c(c12)CC[C@H](C1OC1O)C3. The lowest BCUT2D eigenvalue weighted by Gasteiger charge is -2.20. The third-order valence-corrected chi connectivity index (χ3v) is 6.85. The standard InChI is InChI=1S/C19H18N6O3S/c1-27-17-11(4-9-6-22-25-15(9)24-17)23-16-13-10-3-2-8(14-19(26)28-14)5-12(10)29-18(13)21-7-20-16/h4,6-8,14,19,26H,2-3,5H2,1H3,(H,20,21,23)(H,22,24,25)/t8-,14?,19?/m0/s1. The van der Waals surface area contributed by atoms with Crippen LogP contribution in [0.15, 0.2) is 18.6 Å². The number of anilines is 2. The maximum absolute atomic E-state index is 9.61. The Morgan fingerprint density at radius 3 is 3.10 bits per heavy atom. The van der Waals surface area contributed by atoms with Crippen molar-refractivity contribution in [1.82, 2.24) is 25.1 Å². The number of aromatic nitrogens is 5. The molecule has 0 bridgehead atoms. The van der Waals surface area contributed by atoms with Gasteiger partial charge in [0.15, 0.2) is 11.9 Å². The number of aryl methyl sites for hydroxylation is 1. The zero-order valence-electron chi connectivity index (χ0n) is 15.5. The van der Waals surface area contributed by atoms with Gasteiger partial charge in [-0.05, 0) is 36.8 Å². The molecule has 2 aliphatic rings. The number of methoxy groups -OCH3 is 1. The molecule has 4 aromatic heterocycles. The summed E-state index contributed by atoms with van der Waals surface area (Å²) in [6.45, 7) is 0. The molecule has 5 heterocycles. The van der Waals surface area contributed by atoms with E-state index in [0.717, 1.165) is 46.4 Å². The molecular weight excluding hydrogens is 392 g/mol. The summed E-state index contributed by atoms with van der Waals surface area (Å²) in [4.78, 5) is 15.7. The Bertz CT molecular complexity index is 1240. The van der Waals surface area contributed by atoms with Gasteiger partial charge < -0.3 is 19.9 Å². The minimum atomic E-state index is -0.592. The molecular formula is C19H18N6O3S. The molecule has 3 atom stereocenters. The molecule has 0 aromatic carbocycles. The van der Waals surface area contributed by atoms with Gasteiger partial charge in [0, 0.05) is 10.3 Å². The highest BCUT2D eigenvalue weighted by Crippen LogP contribution is 2.44. The van der Waals surface area contributed by atoms with Crippen LogP contribution in [0.5, 0.6) is 5.88 Å². The van der Waals surface area contributed by atoms with Crippen LogP contribution in [0.1, 0.15) is 16.9 Å². The highest BCUT2D eigenvalue weighted by molar-refractivity contribution is 7.19. The van der Waals surface area contributed by atoms with Gasteiger partial charge in [-0.2, -0.15) is 10.1 Å². The summed E-state index contributed by atoms with van der Waals surface area (Å²) >= 11 is 1.70. The Morgan fingerprint density at radius 2 is 2.28 bits per heavy atom. The van der Waals surface area contributed by atoms with E-state index < -0.39 is 6.29 Å². The van der Waals surface area contributed by atoms with Crippen LogP contribution in [0.3, 0.4) is 0 Å². The minimum Gasteiger partial charge on any atom is -0.479 e. The number of hydrogen-bond acceptors (Lipinski definition) is 9. The molecule has 2 unspecified atom stereocenters. The number of hydrogen-bond donors (Lipinski definition) is 3. The quantitative estimate of drug-likeness (QED) is 0.439. The van der Waals surface area contributed by atoms with E-state index in [0.29, 0.717) is 17.4 Å². The molecule has 4 aromatic rings. The van der Waals surface area contributed by atoms with E-state index in [4.69, 9.17) is 9.47 Å². The molecule has 3 N–H and O–H groups in total. The minimum absolute atomic E-state index is 0.0194. The Kier molecular flexibility index (Phi) is 3.73. The van der Waals surface area contributed by atoms with Gasteiger partial charge in [0.2, 0.25) is 5.88 Å². The van der Waals surface area contributed by atoms with E-state index in [1.54, 1.807) is 31.0 Å². The summed E-state index contributed by atoms with van der Waals surface area (Å²) < 4.78 is 10.8. The van der Waals surface area contributed by atoms with E-state index in [2.05, 4.69) is 30.5 Å². The normalized spacial score (nSPS) is 23.3. The predicted octanol–water partition coefficient (Wildman–Crippen LogP) is 2.54. The number of ether oxygens (including phenoxy) is 2. The third kappa shape index (κ3) is 2.75. The number of pyridine rings is 1. The summed E-state index contributed by atoms with van der Waals surface area (Å²) in [7, 11) is 1.59. The average molecular weight is 410 g/mol. The van der Waals surface area contributed by atoms with Crippen LogP contribution in [-0.4, -0.2) is 49.8 Å². The molecule has 1 fully saturated rings. The smallest absolute Gasteiger partial charge is 0.239 e. The fourth-order valence-electron chi connectivity index (χ4n) is 4.21. The first-order valence-electron chi connectivity index (χ1n) is 9.45. The van der Waals surface area contributed by atoms with Crippen molar-refractivity contribution in [2.24, 2.45) is 5.92 Å². The number of aliphatic hydroxyl groups excluding tert-OH is 1. The monoisotopic (exact) mass is 410 g/mol. The summed E-state index contributed by atoms with van der Waals surface area (Å²) in [5.74, 6) is 1.58. The van der Waals surface area contributed by atoms with Crippen molar-refractivity contribution in [1.29, 1.82) is 0 Å². The Hall–Kier alpha value is -2.82. The molecule has 0 saturated carbocycles.